The van der Waals surface area contributed by atoms with Crippen LogP contribution in [0.4, 0.5) is 8.78 Å². The first-order valence-corrected chi connectivity index (χ1v) is 10.00. The van der Waals surface area contributed by atoms with Gasteiger partial charge >= 0.3 is 0 Å². The van der Waals surface area contributed by atoms with E-state index in [4.69, 9.17) is 5.73 Å². The number of aromatic nitrogens is 2. The maximum Gasteiger partial charge on any atom is 0.268 e. The molecule has 1 fully saturated rings. The molecule has 158 valence electrons. The number of nitrogens with one attached hydrogen (secondary N) is 1. The molecule has 0 saturated heterocycles. The third kappa shape index (κ3) is 4.72. The van der Waals surface area contributed by atoms with E-state index < -0.39 is 17.5 Å². The lowest BCUT2D eigenvalue weighted by molar-refractivity contribution is 0.0997. The van der Waals surface area contributed by atoms with Crippen molar-refractivity contribution < 1.29 is 13.6 Å². The normalized spacial score (nSPS) is 18.5. The molecule has 0 radical (unpaired) electrons. The molecule has 5 nitrogen and oxygen atoms in total. The third-order valence-corrected chi connectivity index (χ3v) is 5.52. The number of benzene rings is 1. The Hall–Kier alpha value is -3.09. The smallest absolute Gasteiger partial charge is 0.268 e. The number of nitrogens with zero attached hydrogens (tertiary/aromatic N) is 1. The molecule has 1 aliphatic carbocycles. The van der Waals surface area contributed by atoms with Crippen LogP contribution in [0, 0.1) is 24.5 Å². The Balaban J connectivity index is 0.000000239. The van der Waals surface area contributed by atoms with Gasteiger partial charge in [-0.3, -0.25) is 14.6 Å². The maximum atomic E-state index is 12.4. The Kier molecular flexibility index (Phi) is 6.59. The van der Waals surface area contributed by atoms with Crippen LogP contribution in [0.1, 0.15) is 60.3 Å². The van der Waals surface area contributed by atoms with Crippen molar-refractivity contribution in [2.75, 3.05) is 0 Å². The number of nitrogens with two attached hydrogens (primary N) is 1. The predicted octanol–water partition coefficient (Wildman–Crippen LogP) is 4.59. The Morgan fingerprint density at radius 1 is 1.23 bits per heavy atom. The van der Waals surface area contributed by atoms with Crippen molar-refractivity contribution in [3.8, 4) is 0 Å². The van der Waals surface area contributed by atoms with Gasteiger partial charge in [-0.1, -0.05) is 31.9 Å². The molecule has 3 N–H and O–H groups in total. The lowest BCUT2D eigenvalue weighted by Crippen LogP contribution is -2.20. The number of hydrogen-bond donors (Lipinski definition) is 2. The fourth-order valence-electron chi connectivity index (χ4n) is 3.96. The van der Waals surface area contributed by atoms with Crippen LogP contribution in [0.25, 0.3) is 10.9 Å². The number of pyridine rings is 2. The Labute approximate surface area is 173 Å². The van der Waals surface area contributed by atoms with Gasteiger partial charge in [-0.25, -0.2) is 8.78 Å². The minimum Gasteiger partial charge on any atom is -0.364 e. The fraction of sp³-hybridized carbons (Fsp3) is 0.348. The van der Waals surface area contributed by atoms with Crippen molar-refractivity contribution in [3.63, 3.8) is 0 Å². The standard InChI is InChI=1S/C16H19N3O2.C7H6F2/c1-9-3-2-4-10(7-9)12-8-13(20)14-11(19-12)5-6-18-15(14)16(17)21;1-5-3-2-4-6(8)7(5)9/h5-6,8-10H,2-4,7H2,1H3,(H2,17,21)(H,19,20);2-4H,1H3. The van der Waals surface area contributed by atoms with Gasteiger partial charge in [0, 0.05) is 18.0 Å². The summed E-state index contributed by atoms with van der Waals surface area (Å²) in [7, 11) is 0. The molecule has 2 atom stereocenters. The predicted molar refractivity (Wildman–Crippen MR) is 112 cm³/mol. The van der Waals surface area contributed by atoms with Gasteiger partial charge in [0.05, 0.1) is 10.9 Å². The zero-order valence-corrected chi connectivity index (χ0v) is 17.0. The zero-order valence-electron chi connectivity index (χ0n) is 17.0. The summed E-state index contributed by atoms with van der Waals surface area (Å²) >= 11 is 0. The van der Waals surface area contributed by atoms with Crippen LogP contribution in [-0.4, -0.2) is 15.9 Å². The van der Waals surface area contributed by atoms with E-state index in [2.05, 4.69) is 16.9 Å². The van der Waals surface area contributed by atoms with Crippen LogP contribution < -0.4 is 11.2 Å². The quantitative estimate of drug-likeness (QED) is 0.644. The second kappa shape index (κ2) is 9.15. The number of primary amides is 1. The fourth-order valence-corrected chi connectivity index (χ4v) is 3.96. The van der Waals surface area contributed by atoms with Crippen molar-refractivity contribution in [1.82, 2.24) is 9.97 Å². The lowest BCUT2D eigenvalue weighted by atomic mass is 9.80. The van der Waals surface area contributed by atoms with E-state index >= 15 is 0 Å². The maximum absolute atomic E-state index is 12.4. The molecular formula is C23H25F2N3O2. The van der Waals surface area contributed by atoms with Gasteiger partial charge in [-0.15, -0.1) is 0 Å². The van der Waals surface area contributed by atoms with Crippen LogP contribution in [0.2, 0.25) is 0 Å². The second-order valence-electron chi connectivity index (χ2n) is 7.87. The van der Waals surface area contributed by atoms with Crippen LogP contribution in [-0.2, 0) is 0 Å². The summed E-state index contributed by atoms with van der Waals surface area (Å²) in [5.74, 6) is -1.14. The molecule has 2 aromatic heterocycles. The summed E-state index contributed by atoms with van der Waals surface area (Å²) in [5.41, 5.74) is 7.09. The minimum absolute atomic E-state index is 0.0392. The van der Waals surface area contributed by atoms with E-state index in [1.54, 1.807) is 12.1 Å². The molecule has 0 aliphatic heterocycles. The largest absolute Gasteiger partial charge is 0.364 e. The first kappa shape index (κ1) is 21.6. The van der Waals surface area contributed by atoms with Crippen LogP contribution in [0.15, 0.2) is 41.3 Å². The molecule has 2 unspecified atom stereocenters. The van der Waals surface area contributed by atoms with Gasteiger partial charge < -0.3 is 10.7 Å². The number of carbonyl (C=O) groups excluding carboxylic acids is 1. The van der Waals surface area contributed by atoms with Gasteiger partial charge in [0.1, 0.15) is 5.69 Å². The molecule has 1 aromatic carbocycles. The Bertz CT molecular complexity index is 1110. The monoisotopic (exact) mass is 413 g/mol. The molecule has 1 saturated carbocycles. The number of carbonyl (C=O) groups is 1. The molecule has 2 heterocycles. The molecule has 4 rings (SSSR count). The molecule has 1 aliphatic rings. The molecule has 3 aromatic rings. The number of H-pyrrole nitrogens is 1. The number of halogens is 2. The van der Waals surface area contributed by atoms with Gasteiger partial charge in [0.2, 0.25) is 0 Å². The SMILES string of the molecule is CC1CCCC(c2cc(=O)c3c(C(N)=O)nccc3[nH]2)C1.Cc1cccc(F)c1F. The van der Waals surface area contributed by atoms with Gasteiger partial charge in [-0.05, 0) is 49.3 Å². The summed E-state index contributed by atoms with van der Waals surface area (Å²) < 4.78 is 24.6. The summed E-state index contributed by atoms with van der Waals surface area (Å²) in [6.45, 7) is 3.78. The minimum atomic E-state index is -0.782. The van der Waals surface area contributed by atoms with Crippen molar-refractivity contribution in [1.29, 1.82) is 0 Å². The van der Waals surface area contributed by atoms with E-state index in [1.807, 2.05) is 0 Å². The first-order valence-electron chi connectivity index (χ1n) is 10.00. The highest BCUT2D eigenvalue weighted by molar-refractivity contribution is 6.03. The topological polar surface area (TPSA) is 88.8 Å². The number of hydrogen-bond acceptors (Lipinski definition) is 3. The number of fused-ring (bicyclic) bond motifs is 1. The number of aromatic amines is 1. The van der Waals surface area contributed by atoms with E-state index in [9.17, 15) is 18.4 Å². The zero-order chi connectivity index (χ0) is 21.8. The molecule has 1 amide bonds. The van der Waals surface area contributed by atoms with E-state index in [-0.39, 0.29) is 16.5 Å². The van der Waals surface area contributed by atoms with Crippen molar-refractivity contribution >= 4 is 16.8 Å². The molecule has 30 heavy (non-hydrogen) atoms. The summed E-state index contributed by atoms with van der Waals surface area (Å²) in [6, 6.07) is 7.44. The molecular weight excluding hydrogens is 388 g/mol. The van der Waals surface area contributed by atoms with Crippen LogP contribution >= 0.6 is 0 Å². The van der Waals surface area contributed by atoms with Crippen molar-refractivity contribution in [2.24, 2.45) is 11.7 Å². The molecule has 0 bridgehead atoms. The average Bonchev–Trinajstić information content (AvgIpc) is 2.72. The molecule has 7 heteroatoms. The summed E-state index contributed by atoms with van der Waals surface area (Å²) in [4.78, 5) is 31.0. The number of amides is 1. The summed E-state index contributed by atoms with van der Waals surface area (Å²) in [5, 5.41) is 0.289. The van der Waals surface area contributed by atoms with E-state index in [1.165, 1.54) is 38.1 Å². The first-order chi connectivity index (χ1) is 14.3. The van der Waals surface area contributed by atoms with Crippen molar-refractivity contribution in [3.05, 3.63) is 75.3 Å². The highest BCUT2D eigenvalue weighted by Gasteiger charge is 2.22. The Morgan fingerprint density at radius 3 is 2.63 bits per heavy atom. The van der Waals surface area contributed by atoms with Crippen LogP contribution in [0.3, 0.4) is 0 Å². The second-order valence-corrected chi connectivity index (χ2v) is 7.87. The third-order valence-electron chi connectivity index (χ3n) is 5.52. The average molecular weight is 413 g/mol. The van der Waals surface area contributed by atoms with E-state index in [0.29, 0.717) is 22.9 Å². The van der Waals surface area contributed by atoms with Gasteiger partial charge in [0.25, 0.3) is 5.91 Å². The summed E-state index contributed by atoms with van der Waals surface area (Å²) in [6.07, 6.45) is 6.14. The van der Waals surface area contributed by atoms with Gasteiger partial charge in [0.15, 0.2) is 17.1 Å². The number of aryl methyl sites for hydroxylation is 1. The highest BCUT2D eigenvalue weighted by atomic mass is 19.2. The van der Waals surface area contributed by atoms with Crippen LogP contribution in [0.5, 0.6) is 0 Å². The Morgan fingerprint density at radius 2 is 2.00 bits per heavy atom. The highest BCUT2D eigenvalue weighted by Crippen LogP contribution is 2.35. The molecule has 0 spiro atoms. The lowest BCUT2D eigenvalue weighted by Gasteiger charge is -2.26. The van der Waals surface area contributed by atoms with Gasteiger partial charge in [-0.2, -0.15) is 0 Å². The number of rotatable bonds is 2. The van der Waals surface area contributed by atoms with Crippen molar-refractivity contribution in [2.45, 2.75) is 45.4 Å². The van der Waals surface area contributed by atoms with E-state index in [0.717, 1.165) is 24.6 Å².